The van der Waals surface area contributed by atoms with Gasteiger partial charge in [-0.3, -0.25) is 9.59 Å². The summed E-state index contributed by atoms with van der Waals surface area (Å²) >= 11 is 7.40. The highest BCUT2D eigenvalue weighted by Gasteiger charge is 2.16. The quantitative estimate of drug-likeness (QED) is 0.401. The lowest BCUT2D eigenvalue weighted by Crippen LogP contribution is -2.36. The van der Waals surface area contributed by atoms with E-state index in [1.54, 1.807) is 40.9 Å². The Balaban J connectivity index is 1.35. The van der Waals surface area contributed by atoms with Crippen LogP contribution >= 0.6 is 22.9 Å². The second-order valence-electron chi connectivity index (χ2n) is 6.75. The molecule has 4 rings (SSSR count). The van der Waals surface area contributed by atoms with Crippen molar-refractivity contribution in [3.05, 3.63) is 64.6 Å². The number of hydrogen-bond donors (Lipinski definition) is 2. The Kier molecular flexibility index (Phi) is 6.67. The van der Waals surface area contributed by atoms with Gasteiger partial charge in [0.15, 0.2) is 5.82 Å². The summed E-state index contributed by atoms with van der Waals surface area (Å²) in [6, 6.07) is 14.3. The van der Waals surface area contributed by atoms with Crippen molar-refractivity contribution >= 4 is 45.4 Å². The molecular weight excluding hydrogens is 450 g/mol. The molecule has 8 nitrogen and oxygen atoms in total. The fourth-order valence-electron chi connectivity index (χ4n) is 3.03. The lowest BCUT2D eigenvalue weighted by Gasteiger charge is -2.11. The van der Waals surface area contributed by atoms with Crippen LogP contribution < -0.4 is 15.4 Å². The maximum Gasteiger partial charge on any atom is 0.313 e. The molecule has 2 aromatic carbocycles. The van der Waals surface area contributed by atoms with Crippen LogP contribution in [0.2, 0.25) is 5.02 Å². The SMILES string of the molecule is CCOc1ccccc1NC(=O)C(=O)NCCc1csc2nc(-c3ccc(Cl)cc3)nn12. The Morgan fingerprint density at radius 1 is 1.12 bits per heavy atom. The van der Waals surface area contributed by atoms with E-state index in [2.05, 4.69) is 20.7 Å². The molecule has 0 atom stereocenters. The zero-order chi connectivity index (χ0) is 22.5. The molecule has 2 heterocycles. The van der Waals surface area contributed by atoms with E-state index in [9.17, 15) is 9.59 Å². The lowest BCUT2D eigenvalue weighted by molar-refractivity contribution is -0.136. The van der Waals surface area contributed by atoms with Gasteiger partial charge in [0.1, 0.15) is 5.75 Å². The number of aromatic nitrogens is 3. The molecule has 2 aromatic heterocycles. The number of carbonyl (C=O) groups is 2. The van der Waals surface area contributed by atoms with Crippen LogP contribution in [0.25, 0.3) is 16.3 Å². The number of carbonyl (C=O) groups excluding carboxylic acids is 2. The van der Waals surface area contributed by atoms with Crippen LogP contribution in [-0.2, 0) is 16.0 Å². The molecule has 0 fully saturated rings. The highest BCUT2D eigenvalue weighted by atomic mass is 35.5. The molecule has 32 heavy (non-hydrogen) atoms. The minimum atomic E-state index is -0.751. The standard InChI is InChI=1S/C22H20ClN5O3S/c1-2-31-18-6-4-3-5-17(18)25-21(30)20(29)24-12-11-16-13-32-22-26-19(27-28(16)22)14-7-9-15(23)10-8-14/h3-10,13H,2,11-12H2,1H3,(H,24,29)(H,25,30). The Bertz CT molecular complexity index is 1250. The average Bonchev–Trinajstić information content (AvgIpc) is 3.37. The Hall–Kier alpha value is -3.43. The molecule has 0 saturated heterocycles. The summed E-state index contributed by atoms with van der Waals surface area (Å²) in [5.74, 6) is -0.354. The van der Waals surface area contributed by atoms with E-state index in [4.69, 9.17) is 16.3 Å². The monoisotopic (exact) mass is 469 g/mol. The number of ether oxygens (including phenoxy) is 1. The summed E-state index contributed by atoms with van der Waals surface area (Å²) in [6.07, 6.45) is 0.498. The molecule has 0 aliphatic heterocycles. The van der Waals surface area contributed by atoms with Crippen molar-refractivity contribution in [2.24, 2.45) is 0 Å². The first kappa shape index (κ1) is 21.8. The van der Waals surface area contributed by atoms with Gasteiger partial charge >= 0.3 is 11.8 Å². The fourth-order valence-corrected chi connectivity index (χ4v) is 4.01. The van der Waals surface area contributed by atoms with E-state index < -0.39 is 11.8 Å². The third-order valence-corrected chi connectivity index (χ3v) is 5.68. The van der Waals surface area contributed by atoms with E-state index in [1.165, 1.54) is 11.3 Å². The number of hydrogen-bond acceptors (Lipinski definition) is 6. The molecule has 0 unspecified atom stereocenters. The number of fused-ring (bicyclic) bond motifs is 1. The minimum Gasteiger partial charge on any atom is -0.492 e. The molecule has 10 heteroatoms. The van der Waals surface area contributed by atoms with Crippen LogP contribution in [0.15, 0.2) is 53.9 Å². The van der Waals surface area contributed by atoms with Crippen molar-refractivity contribution in [2.45, 2.75) is 13.3 Å². The highest BCUT2D eigenvalue weighted by molar-refractivity contribution is 7.15. The van der Waals surface area contributed by atoms with Crippen LogP contribution in [0.5, 0.6) is 5.75 Å². The van der Waals surface area contributed by atoms with Crippen LogP contribution in [0.3, 0.4) is 0 Å². The largest absolute Gasteiger partial charge is 0.492 e. The van der Waals surface area contributed by atoms with Gasteiger partial charge in [0.05, 0.1) is 18.0 Å². The van der Waals surface area contributed by atoms with Gasteiger partial charge in [-0.2, -0.15) is 4.98 Å². The first-order chi connectivity index (χ1) is 15.5. The normalized spacial score (nSPS) is 10.8. The van der Waals surface area contributed by atoms with Crippen molar-refractivity contribution < 1.29 is 14.3 Å². The molecule has 0 bridgehead atoms. The smallest absolute Gasteiger partial charge is 0.313 e. The van der Waals surface area contributed by atoms with Gasteiger partial charge in [-0.15, -0.1) is 16.4 Å². The maximum absolute atomic E-state index is 12.2. The summed E-state index contributed by atoms with van der Waals surface area (Å²) in [7, 11) is 0. The van der Waals surface area contributed by atoms with Crippen LogP contribution in [0.4, 0.5) is 5.69 Å². The lowest BCUT2D eigenvalue weighted by atomic mass is 10.2. The number of rotatable bonds is 7. The number of amides is 2. The predicted molar refractivity (Wildman–Crippen MR) is 124 cm³/mol. The molecule has 0 spiro atoms. The van der Waals surface area contributed by atoms with Crippen LogP contribution in [-0.4, -0.2) is 39.6 Å². The first-order valence-electron chi connectivity index (χ1n) is 9.95. The maximum atomic E-state index is 12.2. The Labute approximate surface area is 193 Å². The minimum absolute atomic E-state index is 0.279. The number of anilines is 1. The van der Waals surface area contributed by atoms with E-state index in [0.717, 1.165) is 16.2 Å². The third-order valence-electron chi connectivity index (χ3n) is 4.56. The molecule has 164 valence electrons. The van der Waals surface area contributed by atoms with E-state index >= 15 is 0 Å². The summed E-state index contributed by atoms with van der Waals surface area (Å²) < 4.78 is 7.21. The number of nitrogens with one attached hydrogen (secondary N) is 2. The molecule has 4 aromatic rings. The highest BCUT2D eigenvalue weighted by Crippen LogP contribution is 2.24. The molecule has 0 aliphatic carbocycles. The predicted octanol–water partition coefficient (Wildman–Crippen LogP) is 3.81. The Morgan fingerprint density at radius 3 is 2.69 bits per heavy atom. The molecule has 2 amide bonds. The molecule has 0 radical (unpaired) electrons. The number of para-hydroxylation sites is 2. The second kappa shape index (κ2) is 9.80. The van der Waals surface area contributed by atoms with Crippen molar-refractivity contribution in [1.29, 1.82) is 0 Å². The van der Waals surface area contributed by atoms with Gasteiger partial charge in [-0.05, 0) is 43.3 Å². The molecule has 2 N–H and O–H groups in total. The van der Waals surface area contributed by atoms with Crippen LogP contribution in [0.1, 0.15) is 12.6 Å². The zero-order valence-electron chi connectivity index (χ0n) is 17.2. The van der Waals surface area contributed by atoms with Gasteiger partial charge in [0, 0.05) is 28.9 Å². The number of nitrogens with zero attached hydrogens (tertiary/aromatic N) is 3. The van der Waals surface area contributed by atoms with E-state index in [0.29, 0.717) is 35.3 Å². The van der Waals surface area contributed by atoms with Gasteiger partial charge in [-0.25, -0.2) is 4.52 Å². The van der Waals surface area contributed by atoms with Gasteiger partial charge < -0.3 is 15.4 Å². The molecule has 0 aliphatic rings. The van der Waals surface area contributed by atoms with Gasteiger partial charge in [0.2, 0.25) is 4.96 Å². The topological polar surface area (TPSA) is 97.6 Å². The number of thiazole rings is 1. The van der Waals surface area contributed by atoms with Crippen molar-refractivity contribution in [3.8, 4) is 17.1 Å². The summed E-state index contributed by atoms with van der Waals surface area (Å²) in [6.45, 7) is 2.58. The summed E-state index contributed by atoms with van der Waals surface area (Å²) in [5, 5.41) is 12.4. The number of halogens is 1. The van der Waals surface area contributed by atoms with Gasteiger partial charge in [-0.1, -0.05) is 23.7 Å². The summed E-state index contributed by atoms with van der Waals surface area (Å²) in [5.41, 5.74) is 2.21. The first-order valence-corrected chi connectivity index (χ1v) is 11.2. The fraction of sp³-hybridized carbons (Fsp3) is 0.182. The van der Waals surface area contributed by atoms with Crippen molar-refractivity contribution in [1.82, 2.24) is 19.9 Å². The summed E-state index contributed by atoms with van der Waals surface area (Å²) in [4.78, 5) is 29.8. The van der Waals surface area contributed by atoms with E-state index in [1.807, 2.05) is 24.4 Å². The number of benzene rings is 2. The van der Waals surface area contributed by atoms with Crippen LogP contribution in [0, 0.1) is 0 Å². The second-order valence-corrected chi connectivity index (χ2v) is 8.03. The van der Waals surface area contributed by atoms with Gasteiger partial charge in [0.25, 0.3) is 0 Å². The van der Waals surface area contributed by atoms with E-state index in [-0.39, 0.29) is 6.54 Å². The molecular formula is C22H20ClN5O3S. The third kappa shape index (κ3) is 4.90. The average molecular weight is 470 g/mol. The van der Waals surface area contributed by atoms with Crippen molar-refractivity contribution in [2.75, 3.05) is 18.5 Å². The van der Waals surface area contributed by atoms with Crippen molar-refractivity contribution in [3.63, 3.8) is 0 Å². The molecule has 0 saturated carbocycles. The zero-order valence-corrected chi connectivity index (χ0v) is 18.7. The Morgan fingerprint density at radius 2 is 1.91 bits per heavy atom.